The first-order chi connectivity index (χ1) is 76.6. The Bertz CT molecular complexity index is 9840. The zero-order valence-electron chi connectivity index (χ0n) is 99.9. The Kier molecular flexibility index (Phi) is 11.8. The molecule has 0 spiro atoms. The maximum Gasteiger partial charge on any atom is 0.240 e. The van der Waals surface area contributed by atoms with Crippen LogP contribution >= 0.6 is 0 Å². The van der Waals surface area contributed by atoms with Gasteiger partial charge in [-0.25, -0.2) is 0 Å². The Hall–Kier alpha value is -16.4. The first-order valence-corrected chi connectivity index (χ1v) is 43.9. The number of hydrogen-bond acceptors (Lipinski definition) is 6. The lowest BCUT2D eigenvalue weighted by atomic mass is 10.1. The standard InChI is InChI=1S/2C57H39N5Si/c2*1-4-20-40(21-5-1)41-22-18-28-45(38-41)63(43-24-6-2-7-25-43,44-26-8-3-9-27-44)46-29-19-23-42(39-46)55-58-56(61-51-34-14-10-30-47(51)48-31-11-15-35-52(48)61)60-57(59-55)62-53-36-16-12-32-49(53)50-33-13-17-37-54(50)62/h2*1-39H/i1D,4D,5D,10D,11D,12D,13D,14D,15D,16D,17D,20D,21D,30D,31D,32D,33D,34D,35D,36D,37D;1D,4D,5D,10D,12D,14D,16D,20D,21D,30D,32D,34D,36D. The second-order valence-electron chi connectivity index (χ2n) is 29.5. The van der Waals surface area contributed by atoms with E-state index < -0.39 is 197 Å². The Balaban J connectivity index is 0.000000173. The molecule has 0 radical (unpaired) electrons. The van der Waals surface area contributed by atoms with Crippen molar-refractivity contribution in [2.75, 3.05) is 0 Å². The summed E-state index contributed by atoms with van der Waals surface area (Å²) >= 11 is 0. The fourth-order valence-electron chi connectivity index (χ4n) is 17.5. The molecule has 0 aliphatic carbocycles. The molecular formula is C114H78N10Si2. The maximum absolute atomic E-state index is 9.36. The summed E-state index contributed by atoms with van der Waals surface area (Å²) < 4.78 is 308. The van der Waals surface area contributed by atoms with E-state index in [0.29, 0.717) is 48.9 Å². The van der Waals surface area contributed by atoms with Crippen LogP contribution in [0.1, 0.15) is 46.6 Å². The lowest BCUT2D eigenvalue weighted by molar-refractivity contribution is 0.892. The third kappa shape index (κ3) is 12.6. The largest absolute Gasteiger partial charge is 0.278 e. The Labute approximate surface area is 777 Å². The third-order valence-corrected chi connectivity index (χ3v) is 32.3. The predicted octanol–water partition coefficient (Wildman–Crippen LogP) is 21.6. The molecule has 0 amide bonds. The zero-order chi connectivity index (χ0) is 113. The molecule has 10 nitrogen and oxygen atoms in total. The van der Waals surface area contributed by atoms with Crippen LogP contribution in [0, 0.1) is 0 Å². The molecule has 0 aliphatic rings. The number of nitrogens with zero attached hydrogens (tertiary/aromatic N) is 10. The zero-order valence-corrected chi connectivity index (χ0v) is 67.9. The molecule has 24 aromatic rings. The highest BCUT2D eigenvalue weighted by Gasteiger charge is 2.44. The van der Waals surface area contributed by atoms with Crippen molar-refractivity contribution in [2.45, 2.75) is 0 Å². The number of rotatable bonds is 16. The summed E-state index contributed by atoms with van der Waals surface area (Å²) in [4.78, 5) is 30.3. The fraction of sp³-hybridized carbons (Fsp3) is 0. The molecule has 126 heavy (non-hydrogen) atoms. The minimum absolute atomic E-state index is 0.0227. The van der Waals surface area contributed by atoms with Gasteiger partial charge in [0.25, 0.3) is 0 Å². The van der Waals surface area contributed by atoms with Crippen molar-refractivity contribution in [1.82, 2.24) is 48.2 Å². The molecule has 18 aromatic carbocycles. The van der Waals surface area contributed by atoms with Crippen molar-refractivity contribution in [3.8, 4) is 68.8 Å². The number of para-hydroxylation sites is 8. The molecule has 6 heterocycles. The van der Waals surface area contributed by atoms with E-state index in [2.05, 4.69) is 24.3 Å². The van der Waals surface area contributed by atoms with Crippen molar-refractivity contribution in [3.05, 3.63) is 472 Å². The van der Waals surface area contributed by atoms with E-state index in [0.717, 1.165) is 40.3 Å². The van der Waals surface area contributed by atoms with Gasteiger partial charge in [0.1, 0.15) is 0 Å². The second kappa shape index (κ2) is 31.6. The normalized spacial score (nSPS) is 15.6. The van der Waals surface area contributed by atoms with E-state index in [9.17, 15) is 8.22 Å². The van der Waals surface area contributed by atoms with Gasteiger partial charge in [-0.05, 0) is 112 Å². The van der Waals surface area contributed by atoms with Gasteiger partial charge < -0.3 is 0 Å². The van der Waals surface area contributed by atoms with Crippen LogP contribution in [-0.4, -0.2) is 64.3 Å². The summed E-state index contributed by atoms with van der Waals surface area (Å²) in [6.45, 7) is 0. The molecule has 6 aromatic heterocycles. The molecule has 0 atom stereocenters. The fourth-order valence-corrected chi connectivity index (χ4v) is 27.1. The molecule has 24 rings (SSSR count). The second-order valence-corrected chi connectivity index (χ2v) is 37.1. The van der Waals surface area contributed by atoms with Gasteiger partial charge in [0.15, 0.2) is 27.8 Å². The SMILES string of the molecule is [2H]c1c([2H])c([2H])c(-c2cccc([Si](c3ccccc3)(c3ccccc3)c3cccc(-c4nc(-n5c6c([2H])c([2H])c([2H])c([2H])c6c6c([2H])c([2H])c([2H])c([2H])c65)nc(-n5c6c([2H])c([2H])c([2H])c([2H])c6c6c([2H])c([2H])c([2H])c([2H])c65)n4)c3)c2)c([2H])c1[2H].[2H]c1c([2H])c([2H])c(-c2cccc([Si](c3ccccc3)(c3ccccc3)c3cccc(-c4nc(-n5c6ccccc6c6c([2H])c([2H])c([2H])c([2H])c65)nc(-n5c6ccccc6c6c([2H])c([2H])c([2H])c([2H])c65)n4)c3)c2)c([2H])c1[2H]. The maximum atomic E-state index is 9.36. The Morgan fingerprint density at radius 2 is 0.389 bits per heavy atom. The van der Waals surface area contributed by atoms with E-state index in [4.69, 9.17) is 68.3 Å². The van der Waals surface area contributed by atoms with Gasteiger partial charge in [-0.15, -0.1) is 0 Å². The summed E-state index contributed by atoms with van der Waals surface area (Å²) in [7, 11) is -7.29. The first-order valence-electron chi connectivity index (χ1n) is 56.9. The van der Waals surface area contributed by atoms with Crippen LogP contribution in [0.15, 0.2) is 472 Å². The van der Waals surface area contributed by atoms with Crippen molar-refractivity contribution in [3.63, 3.8) is 0 Å². The highest BCUT2D eigenvalue weighted by molar-refractivity contribution is 7.20. The third-order valence-electron chi connectivity index (χ3n) is 22.8. The molecule has 0 saturated carbocycles. The number of aromatic nitrogens is 10. The van der Waals surface area contributed by atoms with Gasteiger partial charge in [-0.2, -0.15) is 29.9 Å². The Morgan fingerprint density at radius 3 is 0.683 bits per heavy atom. The van der Waals surface area contributed by atoms with Crippen LogP contribution in [0.3, 0.4) is 0 Å². The molecule has 0 unspecified atom stereocenters. The smallest absolute Gasteiger partial charge is 0.240 e. The van der Waals surface area contributed by atoms with E-state index in [-0.39, 0.29) is 142 Å². The van der Waals surface area contributed by atoms with Gasteiger partial charge in [-0.1, -0.05) is 424 Å². The van der Waals surface area contributed by atoms with Crippen molar-refractivity contribution in [1.29, 1.82) is 0 Å². The van der Waals surface area contributed by atoms with Crippen molar-refractivity contribution in [2.24, 2.45) is 0 Å². The average molecular weight is 1680 g/mol. The summed E-state index contributed by atoms with van der Waals surface area (Å²) in [6.07, 6.45) is 0. The van der Waals surface area contributed by atoms with Crippen LogP contribution in [0.5, 0.6) is 0 Å². The van der Waals surface area contributed by atoms with Gasteiger partial charge >= 0.3 is 0 Å². The van der Waals surface area contributed by atoms with Gasteiger partial charge in [0, 0.05) is 54.2 Å². The molecule has 0 N–H and O–H groups in total. The summed E-state index contributed by atoms with van der Waals surface area (Å²) in [6, 6.07) is 64.2. The Morgan fingerprint density at radius 1 is 0.167 bits per heavy atom. The molecule has 0 fully saturated rings. The molecule has 0 saturated heterocycles. The summed E-state index contributed by atoms with van der Waals surface area (Å²) in [5.74, 6) is -1.29. The van der Waals surface area contributed by atoms with E-state index in [1.807, 2.05) is 158 Å². The summed E-state index contributed by atoms with van der Waals surface area (Å²) in [5.41, 5.74) is 1.17. The van der Waals surface area contributed by atoms with Gasteiger partial charge in [-0.3, -0.25) is 18.3 Å². The first kappa shape index (κ1) is 47.1. The summed E-state index contributed by atoms with van der Waals surface area (Å²) in [5, 5.41) is 6.89. The van der Waals surface area contributed by atoms with Gasteiger partial charge in [0.05, 0.1) is 90.7 Å². The molecule has 0 bridgehead atoms. The quantitative estimate of drug-likeness (QED) is 0.0706. The van der Waals surface area contributed by atoms with E-state index in [1.165, 1.54) is 0 Å². The van der Waals surface area contributed by atoms with Crippen LogP contribution < -0.4 is 41.5 Å². The van der Waals surface area contributed by atoms with E-state index in [1.54, 1.807) is 94.1 Å². The highest BCUT2D eigenvalue weighted by Crippen LogP contribution is 2.38. The highest BCUT2D eigenvalue weighted by atomic mass is 28.3. The van der Waals surface area contributed by atoms with Crippen LogP contribution in [-0.2, 0) is 0 Å². The molecule has 592 valence electrons. The topological polar surface area (TPSA) is 97.1 Å². The van der Waals surface area contributed by atoms with Crippen LogP contribution in [0.2, 0.25) is 0 Å². The lowest BCUT2D eigenvalue weighted by Crippen LogP contribution is -2.74. The minimum atomic E-state index is -3.75. The average Bonchev–Trinajstić information content (AvgIpc) is 1.54. The molecule has 12 heteroatoms. The number of benzene rings is 18. The lowest BCUT2D eigenvalue weighted by Gasteiger charge is -2.35. The number of hydrogen-bond donors (Lipinski definition) is 0. The monoisotopic (exact) mass is 1680 g/mol. The minimum Gasteiger partial charge on any atom is -0.278 e. The van der Waals surface area contributed by atoms with Crippen LogP contribution in [0.25, 0.3) is 156 Å². The van der Waals surface area contributed by atoms with Crippen molar-refractivity contribution < 1.29 is 46.6 Å². The molecular weight excluding hydrogens is 1570 g/mol. The van der Waals surface area contributed by atoms with Crippen LogP contribution in [0.4, 0.5) is 0 Å². The predicted molar refractivity (Wildman–Crippen MR) is 526 cm³/mol. The van der Waals surface area contributed by atoms with E-state index >= 15 is 0 Å². The number of fused-ring (bicyclic) bond motifs is 12. The van der Waals surface area contributed by atoms with Crippen molar-refractivity contribution >= 4 is 145 Å². The molecule has 0 aliphatic heterocycles. The van der Waals surface area contributed by atoms with Gasteiger partial charge in [0.2, 0.25) is 23.8 Å².